The highest BCUT2D eigenvalue weighted by Crippen LogP contribution is 2.29. The zero-order chi connectivity index (χ0) is 10.9. The zero-order valence-electron chi connectivity index (χ0n) is 7.22. The number of hydrogen-bond acceptors (Lipinski definition) is 2. The number of amides is 1. The molecule has 0 spiro atoms. The molecule has 0 fully saturated rings. The van der Waals surface area contributed by atoms with Crippen LogP contribution in [0.2, 0.25) is 0 Å². The number of nitrogens with zero attached hydrogens (tertiary/aromatic N) is 1. The average molecular weight is 265 g/mol. The van der Waals surface area contributed by atoms with E-state index >= 15 is 0 Å². The van der Waals surface area contributed by atoms with Gasteiger partial charge < -0.3 is 5.73 Å². The van der Waals surface area contributed by atoms with Crippen molar-refractivity contribution in [2.75, 3.05) is 0 Å². The second kappa shape index (κ2) is 4.00. The molecule has 0 unspecified atom stereocenters. The molecule has 0 aliphatic rings. The van der Waals surface area contributed by atoms with Crippen LogP contribution in [0.1, 0.15) is 27.9 Å². The summed E-state index contributed by atoms with van der Waals surface area (Å²) < 4.78 is 25.4. The molecule has 2 N–H and O–H groups in total. The molecular weight excluding hydrogens is 258 g/mol. The lowest BCUT2D eigenvalue weighted by Gasteiger charge is -2.09. The van der Waals surface area contributed by atoms with E-state index in [4.69, 9.17) is 5.73 Å². The first-order valence-electron chi connectivity index (χ1n) is 3.68. The van der Waals surface area contributed by atoms with Gasteiger partial charge in [-0.3, -0.25) is 4.79 Å². The Bertz CT molecular complexity index is 382. The second-order valence-corrected chi connectivity index (χ2v) is 3.42. The van der Waals surface area contributed by atoms with Crippen molar-refractivity contribution in [3.63, 3.8) is 0 Å². The van der Waals surface area contributed by atoms with Crippen LogP contribution in [0.5, 0.6) is 0 Å². The molecule has 3 nitrogen and oxygen atoms in total. The average Bonchev–Trinajstić information content (AvgIpc) is 2.08. The van der Waals surface area contributed by atoms with Crippen molar-refractivity contribution in [3.05, 3.63) is 27.5 Å². The minimum atomic E-state index is -2.74. The summed E-state index contributed by atoms with van der Waals surface area (Å²) in [6.07, 6.45) is -1.70. The molecule has 0 aromatic carbocycles. The SMILES string of the molecule is Cc1c(Br)ncc(C(N)=O)c1C(F)F. The third kappa shape index (κ3) is 1.89. The highest BCUT2D eigenvalue weighted by molar-refractivity contribution is 9.10. The molecule has 1 amide bonds. The molecule has 0 radical (unpaired) electrons. The van der Waals surface area contributed by atoms with E-state index in [1.807, 2.05) is 0 Å². The van der Waals surface area contributed by atoms with Crippen molar-refractivity contribution in [1.29, 1.82) is 0 Å². The summed E-state index contributed by atoms with van der Waals surface area (Å²) in [5.74, 6) is -0.900. The van der Waals surface area contributed by atoms with Gasteiger partial charge in [-0.25, -0.2) is 13.8 Å². The van der Waals surface area contributed by atoms with Gasteiger partial charge in [-0.2, -0.15) is 0 Å². The fourth-order valence-electron chi connectivity index (χ4n) is 1.08. The number of alkyl halides is 2. The highest BCUT2D eigenvalue weighted by Gasteiger charge is 2.21. The standard InChI is InChI=1S/C8H7BrF2N2O/c1-3-5(7(10)11)4(8(12)14)2-13-6(3)9/h2,7H,1H3,(H2,12,14). The molecule has 1 aromatic heterocycles. The van der Waals surface area contributed by atoms with Crippen LogP contribution in [-0.4, -0.2) is 10.9 Å². The molecule has 0 bridgehead atoms. The number of rotatable bonds is 2. The minimum Gasteiger partial charge on any atom is -0.366 e. The molecular formula is C8H7BrF2N2O. The van der Waals surface area contributed by atoms with Crippen LogP contribution in [0.15, 0.2) is 10.8 Å². The Morgan fingerprint density at radius 1 is 1.64 bits per heavy atom. The summed E-state index contributed by atoms with van der Waals surface area (Å²) in [5.41, 5.74) is 4.58. The van der Waals surface area contributed by atoms with Gasteiger partial charge in [0.2, 0.25) is 0 Å². The van der Waals surface area contributed by atoms with Gasteiger partial charge in [-0.05, 0) is 28.4 Å². The van der Waals surface area contributed by atoms with Crippen LogP contribution in [0.25, 0.3) is 0 Å². The number of pyridine rings is 1. The first-order valence-corrected chi connectivity index (χ1v) is 4.47. The summed E-state index contributed by atoms with van der Waals surface area (Å²) in [5, 5.41) is 0. The molecule has 1 heterocycles. The van der Waals surface area contributed by atoms with Gasteiger partial charge in [-0.15, -0.1) is 0 Å². The van der Waals surface area contributed by atoms with E-state index in [2.05, 4.69) is 20.9 Å². The molecule has 1 aromatic rings. The lowest BCUT2D eigenvalue weighted by Crippen LogP contribution is -2.15. The largest absolute Gasteiger partial charge is 0.366 e. The lowest BCUT2D eigenvalue weighted by molar-refractivity contribution is 0.0985. The van der Waals surface area contributed by atoms with E-state index in [0.29, 0.717) is 0 Å². The molecule has 0 saturated carbocycles. The Balaban J connectivity index is 3.45. The third-order valence-electron chi connectivity index (χ3n) is 1.79. The van der Waals surface area contributed by atoms with Crippen LogP contribution in [0.4, 0.5) is 8.78 Å². The van der Waals surface area contributed by atoms with Crippen LogP contribution in [-0.2, 0) is 0 Å². The van der Waals surface area contributed by atoms with Crippen molar-refractivity contribution in [3.8, 4) is 0 Å². The fraction of sp³-hybridized carbons (Fsp3) is 0.250. The lowest BCUT2D eigenvalue weighted by atomic mass is 10.1. The Hall–Kier alpha value is -1.04. The number of halogens is 3. The number of hydrogen-bond donors (Lipinski definition) is 1. The van der Waals surface area contributed by atoms with E-state index in [1.54, 1.807) is 0 Å². The van der Waals surface area contributed by atoms with Crippen LogP contribution < -0.4 is 5.73 Å². The molecule has 6 heteroatoms. The maximum absolute atomic E-state index is 12.6. The first kappa shape index (κ1) is 11.0. The van der Waals surface area contributed by atoms with Crippen molar-refractivity contribution < 1.29 is 13.6 Å². The quantitative estimate of drug-likeness (QED) is 0.833. The first-order chi connectivity index (χ1) is 6.45. The van der Waals surface area contributed by atoms with Crippen molar-refractivity contribution >= 4 is 21.8 Å². The van der Waals surface area contributed by atoms with E-state index in [-0.39, 0.29) is 21.3 Å². The molecule has 76 valence electrons. The Kier molecular flexibility index (Phi) is 3.15. The Morgan fingerprint density at radius 2 is 2.21 bits per heavy atom. The number of aromatic nitrogens is 1. The van der Waals surface area contributed by atoms with Crippen molar-refractivity contribution in [1.82, 2.24) is 4.98 Å². The fourth-order valence-corrected chi connectivity index (χ4v) is 1.39. The zero-order valence-corrected chi connectivity index (χ0v) is 8.81. The molecule has 1 rings (SSSR count). The van der Waals surface area contributed by atoms with E-state index in [0.717, 1.165) is 6.20 Å². The Morgan fingerprint density at radius 3 is 2.64 bits per heavy atom. The number of carbonyl (C=O) groups excluding carboxylic acids is 1. The molecule has 0 saturated heterocycles. The number of carbonyl (C=O) groups is 1. The molecule has 0 aliphatic heterocycles. The molecule has 0 aliphatic carbocycles. The predicted octanol–water partition coefficient (Wildman–Crippen LogP) is 2.19. The van der Waals surface area contributed by atoms with E-state index < -0.39 is 12.3 Å². The smallest absolute Gasteiger partial charge is 0.265 e. The second-order valence-electron chi connectivity index (χ2n) is 2.67. The van der Waals surface area contributed by atoms with Crippen LogP contribution in [0.3, 0.4) is 0 Å². The van der Waals surface area contributed by atoms with Gasteiger partial charge in [0.05, 0.1) is 5.56 Å². The Labute approximate surface area is 87.4 Å². The topological polar surface area (TPSA) is 56.0 Å². The van der Waals surface area contributed by atoms with Crippen molar-refractivity contribution in [2.45, 2.75) is 13.3 Å². The number of nitrogens with two attached hydrogens (primary N) is 1. The summed E-state index contributed by atoms with van der Waals surface area (Å²) in [4.78, 5) is 14.5. The minimum absolute atomic E-state index is 0.233. The van der Waals surface area contributed by atoms with Crippen LogP contribution in [0, 0.1) is 6.92 Å². The summed E-state index contributed by atoms with van der Waals surface area (Å²) in [7, 11) is 0. The van der Waals surface area contributed by atoms with Gasteiger partial charge in [0.15, 0.2) is 0 Å². The van der Waals surface area contributed by atoms with Gasteiger partial charge >= 0.3 is 0 Å². The van der Waals surface area contributed by atoms with Gasteiger partial charge in [0.25, 0.3) is 12.3 Å². The summed E-state index contributed by atoms with van der Waals surface area (Å²) >= 11 is 3.00. The van der Waals surface area contributed by atoms with Gasteiger partial charge in [-0.1, -0.05) is 0 Å². The maximum atomic E-state index is 12.6. The van der Waals surface area contributed by atoms with Crippen LogP contribution >= 0.6 is 15.9 Å². The van der Waals surface area contributed by atoms with Crippen molar-refractivity contribution in [2.24, 2.45) is 5.73 Å². The van der Waals surface area contributed by atoms with Gasteiger partial charge in [0, 0.05) is 11.8 Å². The van der Waals surface area contributed by atoms with Gasteiger partial charge in [0.1, 0.15) is 4.60 Å². The normalized spacial score (nSPS) is 10.6. The number of primary amides is 1. The maximum Gasteiger partial charge on any atom is 0.265 e. The molecule has 0 atom stereocenters. The van der Waals surface area contributed by atoms with E-state index in [1.165, 1.54) is 6.92 Å². The third-order valence-corrected chi connectivity index (χ3v) is 2.59. The predicted molar refractivity (Wildman–Crippen MR) is 50.1 cm³/mol. The van der Waals surface area contributed by atoms with E-state index in [9.17, 15) is 13.6 Å². The molecule has 14 heavy (non-hydrogen) atoms. The summed E-state index contributed by atoms with van der Waals surface area (Å²) in [6.45, 7) is 1.45. The monoisotopic (exact) mass is 264 g/mol. The highest BCUT2D eigenvalue weighted by atomic mass is 79.9. The summed E-state index contributed by atoms with van der Waals surface area (Å²) in [6, 6.07) is 0.